The van der Waals surface area contributed by atoms with E-state index in [1.807, 2.05) is 13.0 Å². The summed E-state index contributed by atoms with van der Waals surface area (Å²) in [4.78, 5) is 21.6. The van der Waals surface area contributed by atoms with Gasteiger partial charge < -0.3 is 5.32 Å². The van der Waals surface area contributed by atoms with E-state index in [0.29, 0.717) is 34.7 Å². The summed E-state index contributed by atoms with van der Waals surface area (Å²) in [7, 11) is 0. The van der Waals surface area contributed by atoms with Crippen LogP contribution < -0.4 is 5.32 Å². The fourth-order valence-corrected chi connectivity index (χ4v) is 4.10. The quantitative estimate of drug-likeness (QED) is 0.429. The van der Waals surface area contributed by atoms with E-state index in [4.69, 9.17) is 11.6 Å². The summed E-state index contributed by atoms with van der Waals surface area (Å²) < 4.78 is 15.3. The largest absolute Gasteiger partial charge is 0.349 e. The second kappa shape index (κ2) is 9.26. The summed E-state index contributed by atoms with van der Waals surface area (Å²) in [6.45, 7) is 1.90. The second-order valence-electron chi connectivity index (χ2n) is 8.39. The number of carbonyl (C=O) groups excluding carboxylic acids is 1. The molecule has 8 nitrogen and oxygen atoms in total. The van der Waals surface area contributed by atoms with Crippen molar-refractivity contribution in [1.82, 2.24) is 35.5 Å². The van der Waals surface area contributed by atoms with Crippen LogP contribution in [-0.4, -0.2) is 42.1 Å². The number of nitrogens with zero attached hydrogens (tertiary/aromatic N) is 6. The Hall–Kier alpha value is -3.72. The van der Waals surface area contributed by atoms with Crippen molar-refractivity contribution >= 4 is 17.5 Å². The van der Waals surface area contributed by atoms with E-state index in [-0.39, 0.29) is 17.0 Å². The van der Waals surface area contributed by atoms with Gasteiger partial charge in [0.25, 0.3) is 5.91 Å². The molecule has 5 rings (SSSR count). The van der Waals surface area contributed by atoms with Crippen molar-refractivity contribution in [1.29, 1.82) is 0 Å². The van der Waals surface area contributed by atoms with Crippen LogP contribution in [0.2, 0.25) is 5.02 Å². The van der Waals surface area contributed by atoms with E-state index < -0.39 is 5.82 Å². The highest BCUT2D eigenvalue weighted by Gasteiger charge is 2.30. The molecule has 4 aromatic rings. The molecule has 2 aromatic carbocycles. The van der Waals surface area contributed by atoms with E-state index >= 15 is 0 Å². The number of halogens is 2. The lowest BCUT2D eigenvalue weighted by Crippen LogP contribution is -2.34. The fraction of sp³-hybridized carbons (Fsp3) is 0.250. The van der Waals surface area contributed by atoms with Crippen molar-refractivity contribution in [3.05, 3.63) is 82.9 Å². The third-order valence-electron chi connectivity index (χ3n) is 5.61. The predicted octanol–water partition coefficient (Wildman–Crippen LogP) is 4.15. The highest BCUT2D eigenvalue weighted by atomic mass is 35.5. The molecule has 1 aliphatic carbocycles. The SMILES string of the molecule is CC(Cc1cnccn1)NC(=O)c1cc(-c2ccc(F)cc2Cl)cc(-n2nnnc2C2CC2)c1. The van der Waals surface area contributed by atoms with Gasteiger partial charge in [0, 0.05) is 48.1 Å². The predicted molar refractivity (Wildman–Crippen MR) is 124 cm³/mol. The maximum absolute atomic E-state index is 13.7. The molecule has 1 unspecified atom stereocenters. The number of carbonyl (C=O) groups is 1. The summed E-state index contributed by atoms with van der Waals surface area (Å²) in [5, 5.41) is 15.4. The Kier molecular flexibility index (Phi) is 6.02. The average Bonchev–Trinajstić information content (AvgIpc) is 3.55. The summed E-state index contributed by atoms with van der Waals surface area (Å²) in [5.41, 5.74) is 3.09. The van der Waals surface area contributed by atoms with Crippen LogP contribution in [0.15, 0.2) is 55.0 Å². The first-order chi connectivity index (χ1) is 16.5. The van der Waals surface area contributed by atoms with Crippen LogP contribution >= 0.6 is 11.6 Å². The van der Waals surface area contributed by atoms with Crippen LogP contribution in [0.5, 0.6) is 0 Å². The summed E-state index contributed by atoms with van der Waals surface area (Å²) in [6, 6.07) is 9.32. The molecule has 1 N–H and O–H groups in total. The number of nitrogens with one attached hydrogen (secondary N) is 1. The topological polar surface area (TPSA) is 98.5 Å². The number of hydrogen-bond donors (Lipinski definition) is 1. The van der Waals surface area contributed by atoms with Crippen molar-refractivity contribution in [2.45, 2.75) is 38.1 Å². The van der Waals surface area contributed by atoms with Crippen LogP contribution in [0.4, 0.5) is 4.39 Å². The van der Waals surface area contributed by atoms with E-state index in [1.165, 1.54) is 12.1 Å². The minimum Gasteiger partial charge on any atom is -0.349 e. The van der Waals surface area contributed by atoms with Gasteiger partial charge in [0.2, 0.25) is 0 Å². The zero-order valence-corrected chi connectivity index (χ0v) is 19.1. The molecule has 1 fully saturated rings. The summed E-state index contributed by atoms with van der Waals surface area (Å²) >= 11 is 6.34. The minimum atomic E-state index is -0.433. The molecule has 1 amide bonds. The van der Waals surface area contributed by atoms with Gasteiger partial charge in [-0.3, -0.25) is 14.8 Å². The third kappa shape index (κ3) is 4.79. The van der Waals surface area contributed by atoms with E-state index in [9.17, 15) is 9.18 Å². The Balaban J connectivity index is 1.50. The Morgan fingerprint density at radius 2 is 2.09 bits per heavy atom. The molecular weight excluding hydrogens is 457 g/mol. The van der Waals surface area contributed by atoms with E-state index in [0.717, 1.165) is 24.4 Å². The number of tetrazole rings is 1. The molecule has 0 aliphatic heterocycles. The monoisotopic (exact) mass is 477 g/mol. The van der Waals surface area contributed by atoms with Crippen molar-refractivity contribution in [2.24, 2.45) is 0 Å². The smallest absolute Gasteiger partial charge is 0.251 e. The van der Waals surface area contributed by atoms with Gasteiger partial charge in [-0.2, -0.15) is 4.68 Å². The molecular formula is C24H21ClFN7O. The van der Waals surface area contributed by atoms with Gasteiger partial charge >= 0.3 is 0 Å². The molecule has 0 radical (unpaired) electrons. The molecule has 34 heavy (non-hydrogen) atoms. The first kappa shape index (κ1) is 22.1. The first-order valence-corrected chi connectivity index (χ1v) is 11.3. The van der Waals surface area contributed by atoms with Crippen LogP contribution in [-0.2, 0) is 6.42 Å². The Morgan fingerprint density at radius 3 is 2.82 bits per heavy atom. The molecule has 1 atom stereocenters. The molecule has 10 heteroatoms. The van der Waals surface area contributed by atoms with Crippen molar-refractivity contribution in [3.8, 4) is 16.8 Å². The van der Waals surface area contributed by atoms with Crippen LogP contribution in [0, 0.1) is 5.82 Å². The second-order valence-corrected chi connectivity index (χ2v) is 8.80. The minimum absolute atomic E-state index is 0.180. The maximum Gasteiger partial charge on any atom is 0.251 e. The lowest BCUT2D eigenvalue weighted by molar-refractivity contribution is 0.0940. The Bertz CT molecular complexity index is 1340. The third-order valence-corrected chi connectivity index (χ3v) is 5.92. The Morgan fingerprint density at radius 1 is 1.24 bits per heavy atom. The van der Waals surface area contributed by atoms with Gasteiger partial charge in [-0.15, -0.1) is 5.10 Å². The normalized spacial score (nSPS) is 14.1. The van der Waals surface area contributed by atoms with Crippen LogP contribution in [0.1, 0.15) is 47.6 Å². The molecule has 1 saturated carbocycles. The molecule has 0 spiro atoms. The fourth-order valence-electron chi connectivity index (χ4n) is 3.82. The van der Waals surface area contributed by atoms with Crippen molar-refractivity contribution in [2.75, 3.05) is 0 Å². The van der Waals surface area contributed by atoms with Crippen molar-refractivity contribution in [3.63, 3.8) is 0 Å². The number of rotatable bonds is 7. The van der Waals surface area contributed by atoms with Gasteiger partial charge in [-0.25, -0.2) is 4.39 Å². The first-order valence-electron chi connectivity index (χ1n) is 10.9. The van der Waals surface area contributed by atoms with Gasteiger partial charge in [0.05, 0.1) is 16.4 Å². The van der Waals surface area contributed by atoms with Gasteiger partial charge in [0.1, 0.15) is 5.82 Å². The molecule has 0 bridgehead atoms. The molecule has 0 saturated heterocycles. The lowest BCUT2D eigenvalue weighted by Gasteiger charge is -2.16. The van der Waals surface area contributed by atoms with Crippen LogP contribution in [0.3, 0.4) is 0 Å². The maximum atomic E-state index is 13.7. The van der Waals surface area contributed by atoms with Gasteiger partial charge in [-0.05, 0) is 72.2 Å². The summed E-state index contributed by atoms with van der Waals surface area (Å²) in [6.07, 6.45) is 7.49. The number of hydrogen-bond acceptors (Lipinski definition) is 6. The molecule has 1 aliphatic rings. The zero-order valence-electron chi connectivity index (χ0n) is 18.3. The average molecular weight is 478 g/mol. The van der Waals surface area contributed by atoms with E-state index in [2.05, 4.69) is 30.8 Å². The van der Waals surface area contributed by atoms with Crippen LogP contribution in [0.25, 0.3) is 16.8 Å². The van der Waals surface area contributed by atoms with Gasteiger partial charge in [-0.1, -0.05) is 11.6 Å². The van der Waals surface area contributed by atoms with E-state index in [1.54, 1.807) is 41.5 Å². The number of amides is 1. The standard InChI is InChI=1S/C24H21ClFN7O/c1-14(8-19-13-27-6-7-28-19)29-24(34)17-9-16(21-5-4-18(26)12-22(21)25)10-20(11-17)33-23(15-2-3-15)30-31-32-33/h4-7,9-15H,2-3,8H2,1H3,(H,29,34). The lowest BCUT2D eigenvalue weighted by atomic mass is 10.0. The van der Waals surface area contributed by atoms with Crippen molar-refractivity contribution < 1.29 is 9.18 Å². The number of aromatic nitrogens is 6. The molecule has 2 heterocycles. The molecule has 172 valence electrons. The highest BCUT2D eigenvalue weighted by Crippen LogP contribution is 2.39. The zero-order chi connectivity index (χ0) is 23.7. The van der Waals surface area contributed by atoms with Gasteiger partial charge in [0.15, 0.2) is 5.82 Å². The Labute approximate surface area is 200 Å². The summed E-state index contributed by atoms with van der Waals surface area (Å²) in [5.74, 6) is 0.359. The number of benzene rings is 2. The highest BCUT2D eigenvalue weighted by molar-refractivity contribution is 6.33. The molecule has 2 aromatic heterocycles.